The van der Waals surface area contributed by atoms with Gasteiger partial charge in [-0.3, -0.25) is 9.89 Å². The van der Waals surface area contributed by atoms with Crippen molar-refractivity contribution in [3.63, 3.8) is 0 Å². The zero-order valence-electron chi connectivity index (χ0n) is 15.4. The van der Waals surface area contributed by atoms with E-state index < -0.39 is 31.0 Å². The quantitative estimate of drug-likeness (QED) is 0.533. The van der Waals surface area contributed by atoms with E-state index in [-0.39, 0.29) is 17.7 Å². The van der Waals surface area contributed by atoms with E-state index in [0.29, 0.717) is 24.5 Å². The smallest absolute Gasteiger partial charge is 0.407 e. The predicted octanol–water partition coefficient (Wildman–Crippen LogP) is 2.29. The van der Waals surface area contributed by atoms with Gasteiger partial charge in [0.2, 0.25) is 0 Å². The molecule has 1 aliphatic heterocycles. The predicted molar refractivity (Wildman–Crippen MR) is 98.3 cm³/mol. The van der Waals surface area contributed by atoms with Gasteiger partial charge in [0.15, 0.2) is 5.82 Å². The summed E-state index contributed by atoms with van der Waals surface area (Å²) < 4.78 is 33.3. The number of pyridine rings is 1. The van der Waals surface area contributed by atoms with Gasteiger partial charge in [-0.05, 0) is 31.4 Å². The summed E-state index contributed by atoms with van der Waals surface area (Å²) in [7, 11) is 0. The van der Waals surface area contributed by atoms with Crippen molar-refractivity contribution in [1.82, 2.24) is 25.8 Å². The molecule has 2 amide bonds. The third-order valence-electron chi connectivity index (χ3n) is 4.93. The number of alkyl halides is 2. The third-order valence-corrected chi connectivity index (χ3v) is 4.93. The van der Waals surface area contributed by atoms with Gasteiger partial charge in [0.25, 0.3) is 11.8 Å². The van der Waals surface area contributed by atoms with Crippen molar-refractivity contribution < 1.29 is 23.1 Å². The Hall–Kier alpha value is -3.24. The van der Waals surface area contributed by atoms with Crippen LogP contribution in [0, 0.1) is 0 Å². The summed E-state index contributed by atoms with van der Waals surface area (Å²) in [6.07, 6.45) is 0.738. The summed E-state index contributed by atoms with van der Waals surface area (Å²) in [4.78, 5) is 28.2. The maximum Gasteiger partial charge on any atom is 0.407 e. The van der Waals surface area contributed by atoms with Crippen LogP contribution in [0.3, 0.4) is 0 Å². The van der Waals surface area contributed by atoms with E-state index in [1.165, 1.54) is 6.07 Å². The molecule has 2 aliphatic rings. The van der Waals surface area contributed by atoms with E-state index in [2.05, 4.69) is 31.1 Å². The van der Waals surface area contributed by atoms with E-state index in [9.17, 15) is 18.4 Å². The van der Waals surface area contributed by atoms with Gasteiger partial charge in [-0.15, -0.1) is 0 Å². The van der Waals surface area contributed by atoms with Crippen molar-refractivity contribution in [3.8, 4) is 0 Å². The van der Waals surface area contributed by atoms with Crippen LogP contribution < -0.4 is 16.0 Å². The minimum absolute atomic E-state index is 0.0197. The Balaban J connectivity index is 1.58. The summed E-state index contributed by atoms with van der Waals surface area (Å²) in [5.41, 5.74) is 0.856. The molecule has 29 heavy (non-hydrogen) atoms. The number of carbonyl (C=O) groups is 2. The molecule has 4 rings (SSSR count). The monoisotopic (exact) mass is 406 g/mol. The number of nitrogens with one attached hydrogen (secondary N) is 4. The molecule has 0 radical (unpaired) electrons. The summed E-state index contributed by atoms with van der Waals surface area (Å²) >= 11 is 0. The first-order valence-electron chi connectivity index (χ1n) is 9.28. The second kappa shape index (κ2) is 7.64. The molecule has 0 spiro atoms. The van der Waals surface area contributed by atoms with E-state index in [4.69, 9.17) is 4.74 Å². The molecule has 2 aromatic heterocycles. The number of carbonyl (C=O) groups excluding carboxylic acids is 2. The van der Waals surface area contributed by atoms with Crippen LogP contribution in [0.25, 0.3) is 0 Å². The lowest BCUT2D eigenvalue weighted by Gasteiger charge is -2.19. The molecule has 2 atom stereocenters. The zero-order valence-corrected chi connectivity index (χ0v) is 15.4. The molecule has 0 aromatic carbocycles. The number of halogens is 2. The number of hydrogen-bond acceptors (Lipinski definition) is 6. The molecule has 1 aliphatic carbocycles. The van der Waals surface area contributed by atoms with Gasteiger partial charge in [-0.2, -0.15) is 5.10 Å². The molecule has 1 fully saturated rings. The van der Waals surface area contributed by atoms with Crippen molar-refractivity contribution in [2.75, 3.05) is 18.4 Å². The Morgan fingerprint density at radius 3 is 2.79 bits per heavy atom. The van der Waals surface area contributed by atoms with E-state index in [0.717, 1.165) is 12.1 Å². The third kappa shape index (κ3) is 4.61. The fraction of sp³-hybridized carbons (Fsp3) is 0.444. The number of ether oxygens (including phenoxy) is 1. The normalized spacial score (nSPS) is 24.3. The number of hydrogen-bond donors (Lipinski definition) is 4. The van der Waals surface area contributed by atoms with Gasteiger partial charge in [-0.25, -0.2) is 18.6 Å². The van der Waals surface area contributed by atoms with Gasteiger partial charge >= 0.3 is 6.09 Å². The molecule has 9 nitrogen and oxygen atoms in total. The van der Waals surface area contributed by atoms with Crippen LogP contribution in [0.1, 0.15) is 41.4 Å². The van der Waals surface area contributed by atoms with Crippen LogP contribution in [0.4, 0.5) is 25.2 Å². The molecule has 6 bridgehead atoms. The second-order valence-corrected chi connectivity index (χ2v) is 7.17. The number of aromatic amines is 1. The van der Waals surface area contributed by atoms with Crippen LogP contribution in [-0.2, 0) is 4.74 Å². The minimum atomic E-state index is -3.34. The summed E-state index contributed by atoms with van der Waals surface area (Å²) in [6.45, 7) is -1.89. The molecule has 1 saturated carbocycles. The fourth-order valence-electron chi connectivity index (χ4n) is 3.46. The number of aromatic nitrogens is 3. The SMILES string of the molecule is O=C1NCC(F)(F)CNC(=O)c2cccc(n2)Nc2cc([nH]n2)[C@H]2CC[C@H](C2)O1. The number of alkyl carbamates (subject to hydrolysis) is 1. The standard InChI is InChI=1S/C18H20F2N6O3/c19-18(20)8-21-16(27)12-2-1-3-14(23-12)24-15-7-13(25-26-15)10-4-5-11(6-10)29-17(28)22-9-18/h1-3,7,10-11H,4-6,8-9H2,(H,21,27)(H,22,28)(H2,23,24,25,26)/t10-,11+/m0/s1. The van der Waals surface area contributed by atoms with Gasteiger partial charge in [0.1, 0.15) is 17.6 Å². The van der Waals surface area contributed by atoms with Crippen molar-refractivity contribution in [2.45, 2.75) is 37.2 Å². The molecule has 0 unspecified atom stereocenters. The second-order valence-electron chi connectivity index (χ2n) is 7.17. The first-order valence-corrected chi connectivity index (χ1v) is 9.28. The number of fused-ring (bicyclic) bond motifs is 7. The number of nitrogens with zero attached hydrogens (tertiary/aromatic N) is 2. The lowest BCUT2D eigenvalue weighted by Crippen LogP contribution is -2.45. The van der Waals surface area contributed by atoms with E-state index >= 15 is 0 Å². The highest BCUT2D eigenvalue weighted by Crippen LogP contribution is 2.36. The molecule has 11 heteroatoms. The Morgan fingerprint density at radius 1 is 1.10 bits per heavy atom. The largest absolute Gasteiger partial charge is 0.446 e. The van der Waals surface area contributed by atoms with Crippen LogP contribution in [0.2, 0.25) is 0 Å². The topological polar surface area (TPSA) is 121 Å². The molecule has 2 aromatic rings. The van der Waals surface area contributed by atoms with E-state index in [1.54, 1.807) is 12.1 Å². The van der Waals surface area contributed by atoms with Crippen molar-refractivity contribution >= 4 is 23.6 Å². The molecular formula is C18H20F2N6O3. The molecule has 4 N–H and O–H groups in total. The maximum absolute atomic E-state index is 14.0. The number of amides is 2. The van der Waals surface area contributed by atoms with Crippen molar-refractivity contribution in [3.05, 3.63) is 35.7 Å². The van der Waals surface area contributed by atoms with Gasteiger partial charge < -0.3 is 20.7 Å². The first-order chi connectivity index (χ1) is 13.9. The first kappa shape index (κ1) is 19.1. The summed E-state index contributed by atoms with van der Waals surface area (Å²) in [5.74, 6) is -3.10. The summed E-state index contributed by atoms with van der Waals surface area (Å²) in [6, 6.07) is 6.49. The van der Waals surface area contributed by atoms with Gasteiger partial charge in [0.05, 0.1) is 13.1 Å². The van der Waals surface area contributed by atoms with Crippen LogP contribution in [0.5, 0.6) is 0 Å². The summed E-state index contributed by atoms with van der Waals surface area (Å²) in [5, 5.41) is 14.4. The van der Waals surface area contributed by atoms with Gasteiger partial charge in [0, 0.05) is 17.7 Å². The maximum atomic E-state index is 14.0. The van der Waals surface area contributed by atoms with E-state index in [1.807, 2.05) is 6.07 Å². The molecule has 3 heterocycles. The Labute approximate surface area is 164 Å². The number of anilines is 2. The van der Waals surface area contributed by atoms with Crippen LogP contribution >= 0.6 is 0 Å². The highest BCUT2D eigenvalue weighted by Gasteiger charge is 2.33. The van der Waals surface area contributed by atoms with Crippen molar-refractivity contribution in [1.29, 1.82) is 0 Å². The Kier molecular flexibility index (Phi) is 5.03. The van der Waals surface area contributed by atoms with Gasteiger partial charge in [-0.1, -0.05) is 6.07 Å². The number of H-pyrrole nitrogens is 1. The minimum Gasteiger partial charge on any atom is -0.446 e. The zero-order chi connectivity index (χ0) is 20.4. The average molecular weight is 406 g/mol. The highest BCUT2D eigenvalue weighted by atomic mass is 19.3. The van der Waals surface area contributed by atoms with Crippen molar-refractivity contribution in [2.24, 2.45) is 0 Å². The lowest BCUT2D eigenvalue weighted by atomic mass is 10.0. The highest BCUT2D eigenvalue weighted by molar-refractivity contribution is 5.92. The molecule has 154 valence electrons. The fourth-order valence-corrected chi connectivity index (χ4v) is 3.46. The Bertz CT molecular complexity index is 919. The Morgan fingerprint density at radius 2 is 1.93 bits per heavy atom. The van der Waals surface area contributed by atoms with Crippen LogP contribution in [-0.4, -0.2) is 52.3 Å². The lowest BCUT2D eigenvalue weighted by molar-refractivity contribution is 0.00124. The number of rotatable bonds is 0. The molecular weight excluding hydrogens is 386 g/mol. The van der Waals surface area contributed by atoms with Crippen LogP contribution in [0.15, 0.2) is 24.3 Å². The average Bonchev–Trinajstić information content (AvgIpc) is 3.34. The molecule has 0 saturated heterocycles.